The van der Waals surface area contributed by atoms with Gasteiger partial charge in [0.1, 0.15) is 0 Å². The van der Waals surface area contributed by atoms with Crippen molar-refractivity contribution in [3.63, 3.8) is 0 Å². The Balaban J connectivity index is 3.04. The van der Waals surface area contributed by atoms with E-state index in [0.717, 1.165) is 25.3 Å². The molecule has 0 aliphatic rings. The first-order valence-corrected chi connectivity index (χ1v) is 7.19. The van der Waals surface area contributed by atoms with E-state index in [2.05, 4.69) is 19.2 Å². The van der Waals surface area contributed by atoms with Crippen LogP contribution in [0.1, 0.15) is 51.2 Å². The van der Waals surface area contributed by atoms with E-state index in [1.807, 2.05) is 6.92 Å². The van der Waals surface area contributed by atoms with Crippen LogP contribution in [-0.2, 0) is 6.18 Å². The Bertz CT molecular complexity index is 503. The average Bonchev–Trinajstić information content (AvgIpc) is 2.45. The van der Waals surface area contributed by atoms with Gasteiger partial charge < -0.3 is 5.32 Å². The zero-order chi connectivity index (χ0) is 16.0. The van der Waals surface area contributed by atoms with Crippen LogP contribution >= 0.6 is 0 Å². The van der Waals surface area contributed by atoms with Crippen molar-refractivity contribution >= 4 is 5.69 Å². The maximum absolute atomic E-state index is 13.1. The number of nitrogens with zero attached hydrogens (tertiary/aromatic N) is 1. The van der Waals surface area contributed by atoms with E-state index < -0.39 is 11.7 Å². The number of nitrogens with one attached hydrogen (secondary N) is 1. The van der Waals surface area contributed by atoms with E-state index in [4.69, 9.17) is 5.26 Å². The molecule has 2 atom stereocenters. The number of anilines is 1. The zero-order valence-corrected chi connectivity index (χ0v) is 12.6. The normalized spacial score (nSPS) is 14.3. The molecule has 0 saturated carbocycles. The van der Waals surface area contributed by atoms with Crippen molar-refractivity contribution in [2.45, 2.75) is 52.3 Å². The van der Waals surface area contributed by atoms with Gasteiger partial charge in [0.25, 0.3) is 0 Å². The third-order valence-electron chi connectivity index (χ3n) is 3.69. The lowest BCUT2D eigenvalue weighted by molar-refractivity contribution is -0.137. The molecule has 0 aliphatic heterocycles. The van der Waals surface area contributed by atoms with E-state index in [-0.39, 0.29) is 17.3 Å². The van der Waals surface area contributed by atoms with Crippen LogP contribution in [0.25, 0.3) is 0 Å². The lowest BCUT2D eigenvalue weighted by Crippen LogP contribution is -2.23. The van der Waals surface area contributed by atoms with E-state index >= 15 is 0 Å². The molecule has 5 heteroatoms. The molecular weight excluding hydrogens is 277 g/mol. The van der Waals surface area contributed by atoms with Crippen molar-refractivity contribution in [2.75, 3.05) is 5.32 Å². The summed E-state index contributed by atoms with van der Waals surface area (Å²) in [5.41, 5.74) is -0.705. The number of nitriles is 1. The largest absolute Gasteiger partial charge is 0.418 e. The minimum Gasteiger partial charge on any atom is -0.382 e. The fraction of sp³-hybridized carbons (Fsp3) is 0.562. The van der Waals surface area contributed by atoms with Gasteiger partial charge in [0.15, 0.2) is 0 Å². The molecule has 1 rings (SSSR count). The summed E-state index contributed by atoms with van der Waals surface area (Å²) >= 11 is 0. The molecule has 0 fully saturated rings. The van der Waals surface area contributed by atoms with Crippen molar-refractivity contribution in [1.82, 2.24) is 0 Å². The van der Waals surface area contributed by atoms with Gasteiger partial charge in [-0.25, -0.2) is 0 Å². The number of alkyl halides is 3. The number of benzene rings is 1. The summed E-state index contributed by atoms with van der Waals surface area (Å²) in [4.78, 5) is 0. The Morgan fingerprint density at radius 1 is 1.24 bits per heavy atom. The van der Waals surface area contributed by atoms with Gasteiger partial charge in [0, 0.05) is 11.7 Å². The van der Waals surface area contributed by atoms with Crippen LogP contribution in [0.5, 0.6) is 0 Å². The molecule has 0 aromatic heterocycles. The van der Waals surface area contributed by atoms with Crippen LogP contribution in [0.4, 0.5) is 18.9 Å². The standard InChI is InChI=1S/C16H21F3N2/c1-4-11(3)8-13(5-2)21-15-7-6-12(10-20)9-14(15)16(17,18)19/h6-7,9,11,13,21H,4-5,8H2,1-3H3. The SMILES string of the molecule is CCC(C)CC(CC)Nc1ccc(C#N)cc1C(F)(F)F. The molecule has 2 nitrogen and oxygen atoms in total. The molecule has 2 unspecified atom stereocenters. The van der Waals surface area contributed by atoms with Gasteiger partial charge in [-0.3, -0.25) is 0 Å². The van der Waals surface area contributed by atoms with Gasteiger partial charge in [-0.15, -0.1) is 0 Å². The summed E-state index contributed by atoms with van der Waals surface area (Å²) in [5.74, 6) is 0.454. The first kappa shape index (κ1) is 17.4. The highest BCUT2D eigenvalue weighted by atomic mass is 19.4. The molecule has 0 amide bonds. The van der Waals surface area contributed by atoms with Gasteiger partial charge in [-0.1, -0.05) is 27.2 Å². The second kappa shape index (κ2) is 7.35. The fourth-order valence-corrected chi connectivity index (χ4v) is 2.17. The van der Waals surface area contributed by atoms with E-state index in [0.29, 0.717) is 5.92 Å². The van der Waals surface area contributed by atoms with Crippen molar-refractivity contribution in [3.05, 3.63) is 29.3 Å². The third kappa shape index (κ3) is 4.96. The molecule has 0 saturated heterocycles. The molecule has 0 aliphatic carbocycles. The second-order valence-corrected chi connectivity index (χ2v) is 5.37. The topological polar surface area (TPSA) is 35.8 Å². The van der Waals surface area contributed by atoms with Gasteiger partial charge in [-0.2, -0.15) is 18.4 Å². The van der Waals surface area contributed by atoms with Crippen LogP contribution in [-0.4, -0.2) is 6.04 Å². The highest BCUT2D eigenvalue weighted by Gasteiger charge is 2.34. The summed E-state index contributed by atoms with van der Waals surface area (Å²) in [6.07, 6.45) is -1.90. The average molecular weight is 298 g/mol. The highest BCUT2D eigenvalue weighted by molar-refractivity contribution is 5.56. The molecule has 0 heterocycles. The maximum Gasteiger partial charge on any atom is 0.418 e. The zero-order valence-electron chi connectivity index (χ0n) is 12.6. The summed E-state index contributed by atoms with van der Waals surface area (Å²) in [6, 6.07) is 5.40. The van der Waals surface area contributed by atoms with Crippen LogP contribution in [0, 0.1) is 17.2 Å². The van der Waals surface area contributed by atoms with Gasteiger partial charge in [0.2, 0.25) is 0 Å². The van der Waals surface area contributed by atoms with E-state index in [1.54, 1.807) is 6.07 Å². The molecule has 0 radical (unpaired) electrons. The highest BCUT2D eigenvalue weighted by Crippen LogP contribution is 2.36. The third-order valence-corrected chi connectivity index (χ3v) is 3.69. The summed E-state index contributed by atoms with van der Waals surface area (Å²) < 4.78 is 39.3. The molecule has 1 aromatic carbocycles. The van der Waals surface area contributed by atoms with Crippen molar-refractivity contribution in [3.8, 4) is 6.07 Å². The number of hydrogen-bond donors (Lipinski definition) is 1. The Kier molecular flexibility index (Phi) is 6.07. The first-order chi connectivity index (χ1) is 9.81. The Morgan fingerprint density at radius 2 is 1.90 bits per heavy atom. The number of rotatable bonds is 6. The minimum absolute atomic E-state index is 0.00557. The lowest BCUT2D eigenvalue weighted by Gasteiger charge is -2.23. The van der Waals surface area contributed by atoms with Gasteiger partial charge >= 0.3 is 6.18 Å². The molecule has 0 spiro atoms. The molecular formula is C16H21F3N2. The number of hydrogen-bond acceptors (Lipinski definition) is 2. The van der Waals surface area contributed by atoms with Crippen LogP contribution in [0.2, 0.25) is 0 Å². The number of halogens is 3. The molecule has 116 valence electrons. The lowest BCUT2D eigenvalue weighted by atomic mass is 9.97. The molecule has 0 bridgehead atoms. The Hall–Kier alpha value is -1.70. The van der Waals surface area contributed by atoms with E-state index in [9.17, 15) is 13.2 Å². The monoisotopic (exact) mass is 298 g/mol. The summed E-state index contributed by atoms with van der Waals surface area (Å²) in [6.45, 7) is 6.12. The summed E-state index contributed by atoms with van der Waals surface area (Å²) in [5, 5.41) is 11.8. The molecule has 1 N–H and O–H groups in total. The smallest absolute Gasteiger partial charge is 0.382 e. The maximum atomic E-state index is 13.1. The minimum atomic E-state index is -4.47. The van der Waals surface area contributed by atoms with Crippen LogP contribution in [0.3, 0.4) is 0 Å². The first-order valence-electron chi connectivity index (χ1n) is 7.19. The van der Waals surface area contributed by atoms with Gasteiger partial charge in [0.05, 0.1) is 17.2 Å². The predicted molar refractivity (Wildman–Crippen MR) is 77.9 cm³/mol. The fourth-order valence-electron chi connectivity index (χ4n) is 2.17. The second-order valence-electron chi connectivity index (χ2n) is 5.37. The predicted octanol–water partition coefficient (Wildman–Crippen LogP) is 5.20. The molecule has 21 heavy (non-hydrogen) atoms. The van der Waals surface area contributed by atoms with Crippen molar-refractivity contribution in [2.24, 2.45) is 5.92 Å². The van der Waals surface area contributed by atoms with Crippen molar-refractivity contribution < 1.29 is 13.2 Å². The van der Waals surface area contributed by atoms with Crippen LogP contribution < -0.4 is 5.32 Å². The quantitative estimate of drug-likeness (QED) is 0.783. The Morgan fingerprint density at radius 3 is 2.38 bits per heavy atom. The van der Waals surface area contributed by atoms with Gasteiger partial charge in [-0.05, 0) is 37.0 Å². The van der Waals surface area contributed by atoms with E-state index in [1.165, 1.54) is 12.1 Å². The van der Waals surface area contributed by atoms with Crippen molar-refractivity contribution in [1.29, 1.82) is 5.26 Å². The Labute approximate surface area is 124 Å². The summed E-state index contributed by atoms with van der Waals surface area (Å²) in [7, 11) is 0. The molecule has 1 aromatic rings. The van der Waals surface area contributed by atoms with Crippen LogP contribution in [0.15, 0.2) is 18.2 Å².